The van der Waals surface area contributed by atoms with E-state index in [1.807, 2.05) is 40.7 Å². The highest BCUT2D eigenvalue weighted by Crippen LogP contribution is 2.41. The molecule has 1 aliphatic heterocycles. The van der Waals surface area contributed by atoms with Gasteiger partial charge in [0.05, 0.1) is 7.11 Å². The van der Waals surface area contributed by atoms with Crippen LogP contribution in [0.25, 0.3) is 0 Å². The van der Waals surface area contributed by atoms with Crippen LogP contribution in [0, 0.1) is 6.92 Å². The molecule has 0 aromatic heterocycles. The Morgan fingerprint density at radius 3 is 2.52 bits per heavy atom. The van der Waals surface area contributed by atoms with Crippen molar-refractivity contribution >= 4 is 5.97 Å². The third-order valence-corrected chi connectivity index (χ3v) is 3.36. The molecule has 0 fully saturated rings. The second-order valence-electron chi connectivity index (χ2n) is 4.90. The number of carbonyl (C=O) groups excluding carboxylic acids is 1. The molecule has 0 bridgehead atoms. The zero-order valence-electron chi connectivity index (χ0n) is 13.7. The number of phenolic OH excluding ortho intramolecular Hbond substituents is 1. The molecule has 1 N–H and O–H groups in total. The minimum Gasteiger partial charge on any atom is -0.507 e. The van der Waals surface area contributed by atoms with Gasteiger partial charge in [0.25, 0.3) is 0 Å². The number of rotatable bonds is 3. The van der Waals surface area contributed by atoms with Gasteiger partial charge < -0.3 is 14.6 Å². The number of hydrogen-bond acceptors (Lipinski definition) is 4. The second kappa shape index (κ2) is 7.16. The minimum absolute atomic E-state index is 0.0162. The molecule has 4 heteroatoms. The summed E-state index contributed by atoms with van der Waals surface area (Å²) >= 11 is 0. The van der Waals surface area contributed by atoms with Crippen LogP contribution in [-0.2, 0) is 17.8 Å². The van der Waals surface area contributed by atoms with Gasteiger partial charge in [0.1, 0.15) is 23.7 Å². The molecule has 1 aliphatic rings. The van der Waals surface area contributed by atoms with Gasteiger partial charge in [-0.25, -0.2) is 4.79 Å². The number of esters is 1. The number of fused-ring (bicyclic) bond motifs is 1. The van der Waals surface area contributed by atoms with Gasteiger partial charge in [-0.2, -0.15) is 0 Å². The normalized spacial score (nSPS) is 12.0. The number of benzene rings is 1. The third kappa shape index (κ3) is 3.20. The molecular formula is C17H24O4. The van der Waals surface area contributed by atoms with Crippen molar-refractivity contribution in [2.45, 2.75) is 47.6 Å². The first-order valence-electron chi connectivity index (χ1n) is 7.19. The Morgan fingerprint density at radius 1 is 1.38 bits per heavy atom. The maximum Gasteiger partial charge on any atom is 0.342 e. The summed E-state index contributed by atoms with van der Waals surface area (Å²) in [4.78, 5) is 11.7. The van der Waals surface area contributed by atoms with Gasteiger partial charge in [-0.05, 0) is 32.8 Å². The summed E-state index contributed by atoms with van der Waals surface area (Å²) in [5, 5.41) is 10.3. The van der Waals surface area contributed by atoms with E-state index in [-0.39, 0.29) is 17.9 Å². The van der Waals surface area contributed by atoms with Crippen LogP contribution in [0.4, 0.5) is 0 Å². The summed E-state index contributed by atoms with van der Waals surface area (Å²) in [6, 6.07) is 0. The smallest absolute Gasteiger partial charge is 0.342 e. The molecule has 0 saturated carbocycles. The molecule has 116 valence electrons. The third-order valence-electron chi connectivity index (χ3n) is 3.36. The van der Waals surface area contributed by atoms with Crippen LogP contribution < -0.4 is 4.74 Å². The molecule has 1 aromatic rings. The van der Waals surface area contributed by atoms with E-state index in [2.05, 4.69) is 0 Å². The highest BCUT2D eigenvalue weighted by molar-refractivity contribution is 5.98. The van der Waals surface area contributed by atoms with E-state index in [0.29, 0.717) is 17.7 Å². The molecule has 1 aromatic carbocycles. The first-order chi connectivity index (χ1) is 9.97. The fraction of sp³-hybridized carbons (Fsp3) is 0.471. The summed E-state index contributed by atoms with van der Waals surface area (Å²) in [5.74, 6) is 0.154. The average Bonchev–Trinajstić information content (AvgIpc) is 2.85. The lowest BCUT2D eigenvalue weighted by Gasteiger charge is -2.15. The summed E-state index contributed by atoms with van der Waals surface area (Å²) in [6.45, 7) is 10.0. The molecule has 0 amide bonds. The molecule has 0 unspecified atom stereocenters. The topological polar surface area (TPSA) is 55.8 Å². The molecule has 4 nitrogen and oxygen atoms in total. The molecule has 21 heavy (non-hydrogen) atoms. The Hall–Kier alpha value is -1.97. The fourth-order valence-electron chi connectivity index (χ4n) is 2.33. The van der Waals surface area contributed by atoms with Crippen LogP contribution in [0.5, 0.6) is 11.5 Å². The Morgan fingerprint density at radius 2 is 2.00 bits per heavy atom. The first kappa shape index (κ1) is 17.1. The van der Waals surface area contributed by atoms with Gasteiger partial charge in [-0.15, -0.1) is 0 Å². The number of cyclic esters (lactones) is 1. The molecule has 2 rings (SSSR count). The lowest BCUT2D eigenvalue weighted by molar-refractivity contribution is 0.0533. The molecular weight excluding hydrogens is 268 g/mol. The SMILES string of the molecule is CC.COc1c(C)c2c(c(O)c1CC=C(C)C)C(=O)OC2. The van der Waals surface area contributed by atoms with E-state index in [1.165, 1.54) is 0 Å². The summed E-state index contributed by atoms with van der Waals surface area (Å²) in [7, 11) is 1.57. The van der Waals surface area contributed by atoms with Crippen molar-refractivity contribution in [1.29, 1.82) is 0 Å². The van der Waals surface area contributed by atoms with Crippen molar-refractivity contribution in [3.05, 3.63) is 33.9 Å². The van der Waals surface area contributed by atoms with E-state index in [4.69, 9.17) is 9.47 Å². The van der Waals surface area contributed by atoms with Crippen molar-refractivity contribution in [1.82, 2.24) is 0 Å². The van der Waals surface area contributed by atoms with E-state index >= 15 is 0 Å². The van der Waals surface area contributed by atoms with Gasteiger partial charge >= 0.3 is 5.97 Å². The second-order valence-corrected chi connectivity index (χ2v) is 4.90. The number of methoxy groups -OCH3 is 1. The lowest BCUT2D eigenvalue weighted by atomic mass is 9.95. The first-order valence-corrected chi connectivity index (χ1v) is 7.19. The standard InChI is InChI=1S/C15H18O4.C2H6/c1-8(2)5-6-10-13(16)12-11(7-19-15(12)17)9(3)14(10)18-4;1-2/h5,16H,6-7H2,1-4H3;1-2H3. The number of ether oxygens (including phenoxy) is 2. The summed E-state index contributed by atoms with van der Waals surface area (Å²) in [5.41, 5.74) is 3.65. The minimum atomic E-state index is -0.461. The van der Waals surface area contributed by atoms with Gasteiger partial charge in [-0.1, -0.05) is 25.5 Å². The van der Waals surface area contributed by atoms with E-state index < -0.39 is 5.97 Å². The fourth-order valence-corrected chi connectivity index (χ4v) is 2.33. The zero-order chi connectivity index (χ0) is 16.2. The number of aromatic hydroxyl groups is 1. The molecule has 0 aliphatic carbocycles. The van der Waals surface area contributed by atoms with Crippen molar-refractivity contribution in [2.24, 2.45) is 0 Å². The summed E-state index contributed by atoms with van der Waals surface area (Å²) < 4.78 is 10.4. The average molecular weight is 292 g/mol. The molecule has 0 saturated heterocycles. The Kier molecular flexibility index (Phi) is 5.82. The maximum atomic E-state index is 11.7. The predicted octanol–water partition coefficient (Wildman–Crippen LogP) is 3.91. The van der Waals surface area contributed by atoms with Gasteiger partial charge in [0.2, 0.25) is 0 Å². The van der Waals surface area contributed by atoms with E-state index in [9.17, 15) is 9.90 Å². The summed E-state index contributed by atoms with van der Waals surface area (Å²) in [6.07, 6.45) is 2.52. The largest absolute Gasteiger partial charge is 0.507 e. The number of carbonyl (C=O) groups is 1. The van der Waals surface area contributed by atoms with Crippen LogP contribution in [-0.4, -0.2) is 18.2 Å². The highest BCUT2D eigenvalue weighted by atomic mass is 16.5. The Labute approximate surface area is 126 Å². The monoisotopic (exact) mass is 292 g/mol. The van der Waals surface area contributed by atoms with Crippen LogP contribution in [0.15, 0.2) is 11.6 Å². The molecule has 0 atom stereocenters. The quantitative estimate of drug-likeness (QED) is 0.678. The highest BCUT2D eigenvalue weighted by Gasteiger charge is 2.31. The van der Waals surface area contributed by atoms with Crippen LogP contribution >= 0.6 is 0 Å². The van der Waals surface area contributed by atoms with Crippen molar-refractivity contribution < 1.29 is 19.4 Å². The van der Waals surface area contributed by atoms with Gasteiger partial charge in [-0.3, -0.25) is 0 Å². The van der Waals surface area contributed by atoms with Gasteiger partial charge in [0, 0.05) is 11.1 Å². The van der Waals surface area contributed by atoms with Gasteiger partial charge in [0.15, 0.2) is 0 Å². The lowest BCUT2D eigenvalue weighted by Crippen LogP contribution is -2.03. The predicted molar refractivity (Wildman–Crippen MR) is 83.0 cm³/mol. The van der Waals surface area contributed by atoms with Crippen molar-refractivity contribution in [3.8, 4) is 11.5 Å². The number of hydrogen-bond donors (Lipinski definition) is 1. The Balaban J connectivity index is 0.00000106. The number of phenols is 1. The van der Waals surface area contributed by atoms with E-state index in [0.717, 1.165) is 16.7 Å². The van der Waals surface area contributed by atoms with Crippen LogP contribution in [0.2, 0.25) is 0 Å². The Bertz CT molecular complexity index is 567. The van der Waals surface area contributed by atoms with Crippen LogP contribution in [0.3, 0.4) is 0 Å². The number of allylic oxidation sites excluding steroid dienone is 2. The van der Waals surface area contributed by atoms with Crippen molar-refractivity contribution in [3.63, 3.8) is 0 Å². The zero-order valence-corrected chi connectivity index (χ0v) is 13.7. The molecule has 0 radical (unpaired) electrons. The molecule has 1 heterocycles. The van der Waals surface area contributed by atoms with E-state index in [1.54, 1.807) is 7.11 Å². The maximum absolute atomic E-state index is 11.7. The van der Waals surface area contributed by atoms with Crippen LogP contribution in [0.1, 0.15) is 54.7 Å². The van der Waals surface area contributed by atoms with Crippen molar-refractivity contribution in [2.75, 3.05) is 7.11 Å². The molecule has 0 spiro atoms.